The number of rotatable bonds is 2. The van der Waals surface area contributed by atoms with E-state index in [4.69, 9.17) is 19.2 Å². The fourth-order valence-corrected chi connectivity index (χ4v) is 4.51. The second-order valence-corrected chi connectivity index (χ2v) is 8.55. The van der Waals surface area contributed by atoms with Crippen molar-refractivity contribution in [3.05, 3.63) is 36.2 Å². The minimum absolute atomic E-state index is 0.119. The minimum atomic E-state index is -0.493. The van der Waals surface area contributed by atoms with Gasteiger partial charge in [-0.3, -0.25) is 0 Å². The zero-order valence-electron chi connectivity index (χ0n) is 18.4. The van der Waals surface area contributed by atoms with Gasteiger partial charge in [-0.15, -0.1) is 0 Å². The second kappa shape index (κ2) is 8.20. The lowest BCUT2D eigenvalue weighted by molar-refractivity contribution is -0.106. The van der Waals surface area contributed by atoms with E-state index >= 15 is 0 Å². The van der Waals surface area contributed by atoms with Crippen LogP contribution in [0.15, 0.2) is 30.6 Å². The maximum absolute atomic E-state index is 12.9. The van der Waals surface area contributed by atoms with Crippen LogP contribution in [0.25, 0.3) is 11.2 Å². The van der Waals surface area contributed by atoms with Gasteiger partial charge in [-0.25, -0.2) is 19.3 Å². The third kappa shape index (κ3) is 3.75. The molecule has 1 saturated carbocycles. The zero-order chi connectivity index (χ0) is 22.4. The Morgan fingerprint density at radius 1 is 1.12 bits per heavy atom. The third-order valence-electron chi connectivity index (χ3n) is 6.46. The van der Waals surface area contributed by atoms with Crippen molar-refractivity contribution in [3.63, 3.8) is 0 Å². The van der Waals surface area contributed by atoms with E-state index in [1.54, 1.807) is 0 Å². The van der Waals surface area contributed by atoms with E-state index in [1.165, 1.54) is 10.9 Å². The number of hydrogen-bond donors (Lipinski definition) is 2. The number of benzene rings is 1. The van der Waals surface area contributed by atoms with Crippen LogP contribution in [-0.4, -0.2) is 66.2 Å². The lowest BCUT2D eigenvalue weighted by Crippen LogP contribution is -2.43. The molecule has 0 amide bonds. The van der Waals surface area contributed by atoms with Crippen LogP contribution in [0.2, 0.25) is 0 Å². The predicted octanol–water partition coefficient (Wildman–Crippen LogP) is 3.10. The largest absolute Gasteiger partial charge is 0.443 e. The number of imidazole rings is 1. The van der Waals surface area contributed by atoms with Crippen LogP contribution in [0.3, 0.4) is 0 Å². The summed E-state index contributed by atoms with van der Waals surface area (Å²) in [5, 5.41) is 6.57. The van der Waals surface area contributed by atoms with E-state index in [0.717, 1.165) is 48.6 Å². The lowest BCUT2D eigenvalue weighted by atomic mass is 9.92. The van der Waals surface area contributed by atoms with Crippen LogP contribution in [0, 0.1) is 0 Å². The van der Waals surface area contributed by atoms with Gasteiger partial charge >= 0.3 is 6.09 Å². The monoisotopic (exact) mass is 450 g/mol. The van der Waals surface area contributed by atoms with Crippen molar-refractivity contribution in [1.29, 1.82) is 0 Å². The fourth-order valence-electron chi connectivity index (χ4n) is 4.51. The standard InChI is InChI=1S/C23H26N6O4/c1-24-17-11-20-26-15-8-14(9-16(10-15)28-4-6-31-7-5-28)12-32-18-2-3-19(18)33-23(30)29-13-25-21(17)22(29)27-20/h8-11,13,18-19H,2-7,12H2,1H3,(H2,24,26,27). The van der Waals surface area contributed by atoms with E-state index in [9.17, 15) is 4.79 Å². The molecule has 2 unspecified atom stereocenters. The topological polar surface area (TPSA) is 103 Å². The number of hydrogen-bond acceptors (Lipinski definition) is 9. The first-order valence-electron chi connectivity index (χ1n) is 11.3. The Labute approximate surface area is 190 Å². The van der Waals surface area contributed by atoms with Crippen molar-refractivity contribution >= 4 is 40.1 Å². The average molecular weight is 450 g/mol. The van der Waals surface area contributed by atoms with Gasteiger partial charge in [-0.05, 0) is 36.6 Å². The number of carbonyl (C=O) groups excluding carboxylic acids is 1. The first-order chi connectivity index (χ1) is 16.2. The Morgan fingerprint density at radius 3 is 2.76 bits per heavy atom. The first kappa shape index (κ1) is 20.3. The SMILES string of the molecule is CNc1cc2nc3c1ncn3C(=O)OC1CCC1OCc1cc(cc(N3CCOCC3)c1)N2. The number of nitrogens with zero attached hydrogens (tertiary/aromatic N) is 4. The molecule has 2 N–H and O–H groups in total. The van der Waals surface area contributed by atoms with Gasteiger partial charge in [-0.1, -0.05) is 0 Å². The number of morpholine rings is 1. The van der Waals surface area contributed by atoms with Crippen molar-refractivity contribution in [2.24, 2.45) is 0 Å². The highest BCUT2D eigenvalue weighted by Gasteiger charge is 2.36. The molecule has 4 bridgehead atoms. The average Bonchev–Trinajstić information content (AvgIpc) is 3.25. The van der Waals surface area contributed by atoms with Crippen molar-refractivity contribution in [2.75, 3.05) is 48.9 Å². The minimum Gasteiger partial charge on any atom is -0.443 e. The zero-order valence-corrected chi connectivity index (χ0v) is 18.4. The lowest BCUT2D eigenvalue weighted by Gasteiger charge is -2.35. The van der Waals surface area contributed by atoms with Gasteiger partial charge in [0, 0.05) is 37.6 Å². The number of aromatic nitrogens is 3. The molecular weight excluding hydrogens is 424 g/mol. The fraction of sp³-hybridized carbons (Fsp3) is 0.435. The molecule has 2 aliphatic heterocycles. The summed E-state index contributed by atoms with van der Waals surface area (Å²) >= 11 is 0. The molecule has 3 aliphatic rings. The Kier molecular flexibility index (Phi) is 5.03. The molecule has 6 rings (SSSR count). The van der Waals surface area contributed by atoms with E-state index < -0.39 is 6.09 Å². The highest BCUT2D eigenvalue weighted by Crippen LogP contribution is 2.32. The molecule has 0 spiro atoms. The van der Waals surface area contributed by atoms with E-state index in [-0.39, 0.29) is 12.2 Å². The van der Waals surface area contributed by atoms with E-state index in [1.807, 2.05) is 13.1 Å². The summed E-state index contributed by atoms with van der Waals surface area (Å²) in [6, 6.07) is 8.24. The molecule has 2 atom stereocenters. The molecule has 2 aromatic heterocycles. The summed E-state index contributed by atoms with van der Waals surface area (Å²) in [5.74, 6) is 0.603. The van der Waals surface area contributed by atoms with E-state index in [0.29, 0.717) is 36.8 Å². The number of anilines is 4. The summed E-state index contributed by atoms with van der Waals surface area (Å²) in [5.41, 5.74) is 4.89. The summed E-state index contributed by atoms with van der Waals surface area (Å²) in [4.78, 5) is 24.3. The van der Waals surface area contributed by atoms with Crippen LogP contribution < -0.4 is 15.5 Å². The highest BCUT2D eigenvalue weighted by atomic mass is 16.6. The molecular formula is C23H26N6O4. The van der Waals surface area contributed by atoms with Gasteiger partial charge < -0.3 is 29.7 Å². The summed E-state index contributed by atoms with van der Waals surface area (Å²) in [6.07, 6.45) is 2.22. The molecule has 1 aromatic carbocycles. The van der Waals surface area contributed by atoms with Crippen molar-refractivity contribution < 1.29 is 19.0 Å². The molecule has 1 aliphatic carbocycles. The second-order valence-electron chi connectivity index (χ2n) is 8.55. The number of nitrogens with one attached hydrogen (secondary N) is 2. The van der Waals surface area contributed by atoms with Crippen LogP contribution in [0.5, 0.6) is 0 Å². The van der Waals surface area contributed by atoms with Crippen LogP contribution in [0.1, 0.15) is 18.4 Å². The van der Waals surface area contributed by atoms with Gasteiger partial charge in [0.05, 0.1) is 31.6 Å². The predicted molar refractivity (Wildman–Crippen MR) is 123 cm³/mol. The normalized spacial score (nSPS) is 22.7. The Balaban J connectivity index is 1.45. The molecule has 33 heavy (non-hydrogen) atoms. The summed E-state index contributed by atoms with van der Waals surface area (Å²) < 4.78 is 18.8. The number of fused-ring (bicyclic) bond motifs is 4. The molecule has 3 aromatic rings. The van der Waals surface area contributed by atoms with Crippen LogP contribution in [0.4, 0.5) is 27.7 Å². The molecule has 10 heteroatoms. The van der Waals surface area contributed by atoms with Crippen LogP contribution >= 0.6 is 0 Å². The molecule has 2 fully saturated rings. The first-order valence-corrected chi connectivity index (χ1v) is 11.3. The molecule has 0 radical (unpaired) electrons. The highest BCUT2D eigenvalue weighted by molar-refractivity contribution is 5.93. The smallest absolute Gasteiger partial charge is 0.421 e. The summed E-state index contributed by atoms with van der Waals surface area (Å²) in [6.45, 7) is 3.56. The molecule has 172 valence electrons. The van der Waals surface area contributed by atoms with Crippen molar-refractivity contribution in [2.45, 2.75) is 31.7 Å². The number of pyridine rings is 1. The van der Waals surface area contributed by atoms with E-state index in [2.05, 4.69) is 38.7 Å². The maximum atomic E-state index is 12.9. The Hall–Kier alpha value is -3.37. The van der Waals surface area contributed by atoms with Crippen molar-refractivity contribution in [3.8, 4) is 0 Å². The van der Waals surface area contributed by atoms with Gasteiger partial charge in [-0.2, -0.15) is 0 Å². The van der Waals surface area contributed by atoms with Crippen molar-refractivity contribution in [1.82, 2.24) is 14.5 Å². The molecule has 10 nitrogen and oxygen atoms in total. The molecule has 4 heterocycles. The quantitative estimate of drug-likeness (QED) is 0.610. The van der Waals surface area contributed by atoms with Gasteiger partial charge in [0.25, 0.3) is 0 Å². The molecule has 1 saturated heterocycles. The number of carbonyl (C=O) groups is 1. The Bertz CT molecular complexity index is 1210. The Morgan fingerprint density at radius 2 is 1.97 bits per heavy atom. The third-order valence-corrected chi connectivity index (χ3v) is 6.46. The number of ether oxygens (including phenoxy) is 3. The van der Waals surface area contributed by atoms with Gasteiger partial charge in [0.2, 0.25) is 0 Å². The summed E-state index contributed by atoms with van der Waals surface area (Å²) in [7, 11) is 1.82. The van der Waals surface area contributed by atoms with Crippen LogP contribution in [-0.2, 0) is 20.8 Å². The van der Waals surface area contributed by atoms with Gasteiger partial charge in [0.15, 0.2) is 5.65 Å². The van der Waals surface area contributed by atoms with Gasteiger partial charge in [0.1, 0.15) is 23.8 Å². The maximum Gasteiger partial charge on any atom is 0.421 e.